The van der Waals surface area contributed by atoms with E-state index in [4.69, 9.17) is 4.74 Å². The number of ether oxygens (including phenoxy) is 1. The normalized spacial score (nSPS) is 11.0. The van der Waals surface area contributed by atoms with Crippen LogP contribution < -0.4 is 4.74 Å². The summed E-state index contributed by atoms with van der Waals surface area (Å²) in [5, 5.41) is 10.3. The van der Waals surface area contributed by atoms with Crippen molar-refractivity contribution in [1.29, 1.82) is 0 Å². The molecule has 1 N–H and O–H groups in total. The summed E-state index contributed by atoms with van der Waals surface area (Å²) in [7, 11) is 0. The largest absolute Gasteiger partial charge is 0.507 e. The number of aromatic hydroxyl groups is 1. The molecule has 0 aliphatic carbocycles. The average Bonchev–Trinajstić information content (AvgIpc) is 2.50. The molecule has 0 aromatic heterocycles. The molecule has 2 rings (SSSR count). The van der Waals surface area contributed by atoms with Gasteiger partial charge in [0.25, 0.3) is 0 Å². The highest BCUT2D eigenvalue weighted by atomic mass is 16.5. The van der Waals surface area contributed by atoms with E-state index in [9.17, 15) is 5.11 Å². The molecule has 0 unspecified atom stereocenters. The molecule has 3 nitrogen and oxygen atoms in total. The monoisotopic (exact) mass is 299 g/mol. The van der Waals surface area contributed by atoms with E-state index in [1.807, 2.05) is 44.2 Å². The number of hydrogen-bond donors (Lipinski definition) is 1. The van der Waals surface area contributed by atoms with Crippen molar-refractivity contribution in [3.63, 3.8) is 0 Å². The number of hydrogen-bond acceptors (Lipinski definition) is 3. The summed E-state index contributed by atoms with van der Waals surface area (Å²) in [6.07, 6.45) is 0. The molecule has 0 atom stereocenters. The van der Waals surface area contributed by atoms with E-state index >= 15 is 0 Å². The van der Waals surface area contributed by atoms with E-state index in [0.717, 1.165) is 41.1 Å². The van der Waals surface area contributed by atoms with Crippen molar-refractivity contribution < 1.29 is 9.84 Å². The van der Waals surface area contributed by atoms with Gasteiger partial charge in [0.2, 0.25) is 0 Å². The van der Waals surface area contributed by atoms with Crippen molar-refractivity contribution in [2.24, 2.45) is 0 Å². The molecule has 0 aliphatic heterocycles. The predicted molar refractivity (Wildman–Crippen MR) is 91.4 cm³/mol. The zero-order valence-electron chi connectivity index (χ0n) is 13.9. The summed E-state index contributed by atoms with van der Waals surface area (Å²) in [6, 6.07) is 11.6. The zero-order valence-corrected chi connectivity index (χ0v) is 13.9. The Labute approximate surface area is 133 Å². The fourth-order valence-corrected chi connectivity index (χ4v) is 2.63. The second-order valence-electron chi connectivity index (χ2n) is 5.49. The van der Waals surface area contributed by atoms with Gasteiger partial charge >= 0.3 is 0 Å². The van der Waals surface area contributed by atoms with E-state index < -0.39 is 0 Å². The van der Waals surface area contributed by atoms with E-state index in [1.165, 1.54) is 0 Å². The van der Waals surface area contributed by atoms with Gasteiger partial charge in [0.05, 0.1) is 0 Å². The molecule has 2 aromatic carbocycles. The van der Waals surface area contributed by atoms with E-state index in [-0.39, 0.29) is 0 Å². The van der Waals surface area contributed by atoms with Crippen LogP contribution in [0.1, 0.15) is 25.0 Å². The van der Waals surface area contributed by atoms with Crippen molar-refractivity contribution in [3.8, 4) is 22.6 Å². The van der Waals surface area contributed by atoms with Crippen LogP contribution in [-0.4, -0.2) is 29.8 Å². The van der Waals surface area contributed by atoms with Crippen molar-refractivity contribution in [2.75, 3.05) is 19.8 Å². The molecule has 2 aromatic rings. The van der Waals surface area contributed by atoms with Gasteiger partial charge < -0.3 is 9.84 Å². The molecule has 0 radical (unpaired) electrons. The number of aryl methyl sites for hydroxylation is 2. The lowest BCUT2D eigenvalue weighted by molar-refractivity contribution is 0.138. The molecule has 0 saturated carbocycles. The Hall–Kier alpha value is -2.00. The van der Waals surface area contributed by atoms with Crippen LogP contribution >= 0.6 is 0 Å². The summed E-state index contributed by atoms with van der Waals surface area (Å²) >= 11 is 0. The Morgan fingerprint density at radius 1 is 0.909 bits per heavy atom. The number of benzene rings is 2. The van der Waals surface area contributed by atoms with Crippen LogP contribution in [0.15, 0.2) is 36.4 Å². The lowest BCUT2D eigenvalue weighted by Gasteiger charge is -2.21. The third kappa shape index (κ3) is 3.42. The third-order valence-electron chi connectivity index (χ3n) is 4.03. The van der Waals surface area contributed by atoms with Crippen molar-refractivity contribution in [3.05, 3.63) is 47.5 Å². The molecule has 0 fully saturated rings. The smallest absolute Gasteiger partial charge is 0.142 e. The Morgan fingerprint density at radius 2 is 1.50 bits per heavy atom. The van der Waals surface area contributed by atoms with Crippen molar-refractivity contribution in [1.82, 2.24) is 4.90 Å². The van der Waals surface area contributed by atoms with Gasteiger partial charge in [0, 0.05) is 11.1 Å². The van der Waals surface area contributed by atoms with Gasteiger partial charge in [-0.3, -0.25) is 4.90 Å². The number of phenols is 1. The van der Waals surface area contributed by atoms with Crippen LogP contribution in [0.3, 0.4) is 0 Å². The van der Waals surface area contributed by atoms with Gasteiger partial charge in [0.1, 0.15) is 18.2 Å². The van der Waals surface area contributed by atoms with E-state index in [1.54, 1.807) is 6.07 Å². The van der Waals surface area contributed by atoms with Crippen LogP contribution in [-0.2, 0) is 0 Å². The van der Waals surface area contributed by atoms with Gasteiger partial charge in [-0.05, 0) is 50.2 Å². The minimum Gasteiger partial charge on any atom is -0.507 e. The molecule has 0 heterocycles. The average molecular weight is 299 g/mol. The van der Waals surface area contributed by atoms with Gasteiger partial charge in [-0.2, -0.15) is 0 Å². The Kier molecular flexibility index (Phi) is 5.45. The van der Waals surface area contributed by atoms with Crippen LogP contribution in [0.25, 0.3) is 11.1 Å². The minimum absolute atomic E-state index is 0.294. The van der Waals surface area contributed by atoms with Crippen LogP contribution in [0, 0.1) is 13.8 Å². The Bertz CT molecular complexity index is 613. The first-order valence-electron chi connectivity index (χ1n) is 7.82. The maximum Gasteiger partial charge on any atom is 0.142 e. The topological polar surface area (TPSA) is 32.7 Å². The number of phenolic OH excluding ortho intramolecular Hbond substituents is 1. The first-order valence-corrected chi connectivity index (χ1v) is 7.82. The van der Waals surface area contributed by atoms with Gasteiger partial charge in [-0.15, -0.1) is 0 Å². The quantitative estimate of drug-likeness (QED) is 0.805. The first-order chi connectivity index (χ1) is 10.6. The molecule has 3 heteroatoms. The molecule has 0 amide bonds. The lowest BCUT2D eigenvalue weighted by Crippen LogP contribution is -2.27. The molecule has 118 valence electrons. The SMILES string of the molecule is CCN(CC)COc1cccc(C)c1-c1c(C)cccc1O. The van der Waals surface area contributed by atoms with Crippen LogP contribution in [0.2, 0.25) is 0 Å². The third-order valence-corrected chi connectivity index (χ3v) is 4.03. The van der Waals surface area contributed by atoms with Gasteiger partial charge in [0.15, 0.2) is 0 Å². The van der Waals surface area contributed by atoms with Crippen LogP contribution in [0.5, 0.6) is 11.5 Å². The maximum absolute atomic E-state index is 10.3. The fraction of sp³-hybridized carbons (Fsp3) is 0.368. The van der Waals surface area contributed by atoms with Gasteiger partial charge in [-0.1, -0.05) is 38.1 Å². The van der Waals surface area contributed by atoms with E-state index in [2.05, 4.69) is 18.7 Å². The summed E-state index contributed by atoms with van der Waals surface area (Å²) in [4.78, 5) is 2.21. The predicted octanol–water partition coefficient (Wildman–Crippen LogP) is 4.35. The first kappa shape index (κ1) is 16.4. The molecule has 0 aliphatic rings. The molecule has 0 saturated heterocycles. The zero-order chi connectivity index (χ0) is 16.1. The highest BCUT2D eigenvalue weighted by Crippen LogP contribution is 2.40. The summed E-state index contributed by atoms with van der Waals surface area (Å²) in [5.74, 6) is 1.11. The highest BCUT2D eigenvalue weighted by Gasteiger charge is 2.16. The lowest BCUT2D eigenvalue weighted by atomic mass is 9.95. The molecular formula is C19H25NO2. The highest BCUT2D eigenvalue weighted by molar-refractivity contribution is 5.80. The number of rotatable bonds is 6. The summed E-state index contributed by atoms with van der Waals surface area (Å²) in [6.45, 7) is 10.8. The van der Waals surface area contributed by atoms with E-state index in [0.29, 0.717) is 12.5 Å². The Balaban J connectivity index is 2.43. The maximum atomic E-state index is 10.3. The second kappa shape index (κ2) is 7.32. The van der Waals surface area contributed by atoms with Crippen molar-refractivity contribution in [2.45, 2.75) is 27.7 Å². The molecular weight excluding hydrogens is 274 g/mol. The van der Waals surface area contributed by atoms with Crippen LogP contribution in [0.4, 0.5) is 0 Å². The van der Waals surface area contributed by atoms with Crippen molar-refractivity contribution >= 4 is 0 Å². The minimum atomic E-state index is 0.294. The molecule has 0 spiro atoms. The number of nitrogens with zero attached hydrogens (tertiary/aromatic N) is 1. The molecule has 0 bridgehead atoms. The summed E-state index contributed by atoms with van der Waals surface area (Å²) in [5.41, 5.74) is 3.98. The van der Waals surface area contributed by atoms with Gasteiger partial charge in [-0.25, -0.2) is 0 Å². The second-order valence-corrected chi connectivity index (χ2v) is 5.49. The molecule has 22 heavy (non-hydrogen) atoms. The Morgan fingerprint density at radius 3 is 2.09 bits per heavy atom. The summed E-state index contributed by atoms with van der Waals surface area (Å²) < 4.78 is 6.04. The fourth-order valence-electron chi connectivity index (χ4n) is 2.63. The standard InChI is InChI=1S/C19H25NO2/c1-5-20(6-2)13-22-17-12-8-10-15(4)19(17)18-14(3)9-7-11-16(18)21/h7-12,21H,5-6,13H2,1-4H3.